The highest BCUT2D eigenvalue weighted by molar-refractivity contribution is 8.18. The number of amidine groups is 1. The van der Waals surface area contributed by atoms with Crippen molar-refractivity contribution in [2.24, 2.45) is 10.2 Å². The van der Waals surface area contributed by atoms with Gasteiger partial charge in [0.25, 0.3) is 11.8 Å². The molecule has 11 heteroatoms. The second-order valence-corrected chi connectivity index (χ2v) is 10.6. The molecular formula is C33H30N4O6S. The van der Waals surface area contributed by atoms with Crippen LogP contribution in [0.3, 0.4) is 0 Å². The third kappa shape index (κ3) is 7.75. The van der Waals surface area contributed by atoms with Crippen molar-refractivity contribution in [3.05, 3.63) is 112 Å². The number of aryl methyl sites for hydroxylation is 1. The molecule has 1 aliphatic rings. The van der Waals surface area contributed by atoms with Gasteiger partial charge in [-0.05, 0) is 85.8 Å². The average molecular weight is 611 g/mol. The van der Waals surface area contributed by atoms with Crippen molar-refractivity contribution in [1.29, 1.82) is 0 Å². The number of thioether (sulfide) groups is 1. The van der Waals surface area contributed by atoms with Gasteiger partial charge in [-0.25, -0.2) is 0 Å². The Labute approximate surface area is 258 Å². The molecule has 3 aromatic carbocycles. The average Bonchev–Trinajstić information content (AvgIpc) is 3.64. The van der Waals surface area contributed by atoms with Crippen LogP contribution in [0.4, 0.5) is 5.69 Å². The van der Waals surface area contributed by atoms with Crippen molar-refractivity contribution >= 4 is 46.7 Å². The van der Waals surface area contributed by atoms with Crippen molar-refractivity contribution in [1.82, 2.24) is 4.90 Å². The molecule has 10 nitrogen and oxygen atoms in total. The molecule has 1 saturated heterocycles. The van der Waals surface area contributed by atoms with E-state index < -0.39 is 0 Å². The molecule has 1 fully saturated rings. The zero-order valence-electron chi connectivity index (χ0n) is 24.1. The van der Waals surface area contributed by atoms with Crippen LogP contribution in [0.5, 0.6) is 17.2 Å². The summed E-state index contributed by atoms with van der Waals surface area (Å²) in [4.78, 5) is 27.9. The van der Waals surface area contributed by atoms with Crippen LogP contribution >= 0.6 is 11.8 Å². The summed E-state index contributed by atoms with van der Waals surface area (Å²) in [5.41, 5.74) is 3.06. The highest BCUT2D eigenvalue weighted by atomic mass is 32.2. The number of hydrogen-bond acceptors (Lipinski definition) is 9. The van der Waals surface area contributed by atoms with E-state index >= 15 is 0 Å². The minimum absolute atomic E-state index is 0.0304. The zero-order chi connectivity index (χ0) is 30.9. The van der Waals surface area contributed by atoms with Crippen LogP contribution in [0.2, 0.25) is 0 Å². The van der Waals surface area contributed by atoms with E-state index in [0.29, 0.717) is 50.8 Å². The van der Waals surface area contributed by atoms with Crippen LogP contribution in [-0.2, 0) is 16.1 Å². The SMILES string of the molecule is CCOc1cc(/C=N\N=C2\S/C(=C\c3ccccc3OCC(=O)Nc3ccc(C)cc3)C(=O)N2Cc2ccco2)ccc1O. The number of benzene rings is 3. The van der Waals surface area contributed by atoms with E-state index in [2.05, 4.69) is 15.5 Å². The van der Waals surface area contributed by atoms with Crippen LogP contribution in [0.1, 0.15) is 29.4 Å². The van der Waals surface area contributed by atoms with Crippen LogP contribution in [0.15, 0.2) is 105 Å². The molecule has 5 rings (SSSR count). The third-order valence-corrected chi connectivity index (χ3v) is 7.31. The molecule has 0 radical (unpaired) electrons. The van der Waals surface area contributed by atoms with Crippen LogP contribution < -0.4 is 14.8 Å². The Kier molecular flexibility index (Phi) is 9.78. The van der Waals surface area contributed by atoms with Gasteiger partial charge in [-0.3, -0.25) is 14.5 Å². The summed E-state index contributed by atoms with van der Waals surface area (Å²) in [6.07, 6.45) is 4.76. The smallest absolute Gasteiger partial charge is 0.267 e. The van der Waals surface area contributed by atoms with Gasteiger partial charge in [0.1, 0.15) is 11.5 Å². The molecule has 224 valence electrons. The molecule has 2 amide bonds. The molecule has 1 aromatic heterocycles. The Balaban J connectivity index is 1.34. The lowest BCUT2D eigenvalue weighted by Crippen LogP contribution is -2.28. The number of ether oxygens (including phenoxy) is 2. The standard InChI is InChI=1S/C33H30N4O6S/c1-3-41-29-17-23(12-15-27(29)38)19-34-36-33-37(20-26-8-6-16-42-26)32(40)30(44-33)18-24-7-4-5-9-28(24)43-21-31(39)35-25-13-10-22(2)11-14-25/h4-19,38H,3,20-21H2,1-2H3,(H,35,39)/b30-18-,34-19-,36-33+. The molecular weight excluding hydrogens is 580 g/mol. The first-order valence-corrected chi connectivity index (χ1v) is 14.6. The normalized spacial score (nSPS) is 15.0. The van der Waals surface area contributed by atoms with Gasteiger partial charge in [-0.15, -0.1) is 5.10 Å². The maximum atomic E-state index is 13.6. The molecule has 1 aliphatic heterocycles. The number of rotatable bonds is 11. The monoisotopic (exact) mass is 610 g/mol. The van der Waals surface area contributed by atoms with Gasteiger partial charge in [-0.1, -0.05) is 35.9 Å². The lowest BCUT2D eigenvalue weighted by atomic mass is 10.2. The summed E-state index contributed by atoms with van der Waals surface area (Å²) >= 11 is 1.16. The van der Waals surface area contributed by atoms with Gasteiger partial charge >= 0.3 is 0 Å². The first-order chi connectivity index (χ1) is 21.4. The fourth-order valence-electron chi connectivity index (χ4n) is 4.16. The van der Waals surface area contributed by atoms with Gasteiger partial charge in [0.15, 0.2) is 23.3 Å². The molecule has 0 aliphatic carbocycles. The number of amides is 2. The molecule has 2 heterocycles. The number of nitrogens with zero attached hydrogens (tertiary/aromatic N) is 3. The fourth-order valence-corrected chi connectivity index (χ4v) is 5.08. The maximum absolute atomic E-state index is 13.6. The number of carbonyl (C=O) groups excluding carboxylic acids is 2. The summed E-state index contributed by atoms with van der Waals surface area (Å²) in [6.45, 7) is 4.16. The lowest BCUT2D eigenvalue weighted by molar-refractivity contribution is -0.122. The number of carbonyl (C=O) groups is 2. The Morgan fingerprint density at radius 1 is 1.05 bits per heavy atom. The Bertz CT molecular complexity index is 1710. The first kappa shape index (κ1) is 30.2. The second-order valence-electron chi connectivity index (χ2n) is 9.61. The highest BCUT2D eigenvalue weighted by Gasteiger charge is 2.34. The van der Waals surface area contributed by atoms with Crippen molar-refractivity contribution in [2.45, 2.75) is 20.4 Å². The van der Waals surface area contributed by atoms with Gasteiger partial charge in [0.05, 0.1) is 30.5 Å². The molecule has 4 aromatic rings. The van der Waals surface area contributed by atoms with Crippen LogP contribution in [0, 0.1) is 6.92 Å². The van der Waals surface area contributed by atoms with E-state index in [9.17, 15) is 14.7 Å². The molecule has 0 spiro atoms. The number of nitrogens with one attached hydrogen (secondary N) is 1. The lowest BCUT2D eigenvalue weighted by Gasteiger charge is -2.12. The summed E-state index contributed by atoms with van der Waals surface area (Å²) in [7, 11) is 0. The number of para-hydroxylation sites is 1. The Morgan fingerprint density at radius 2 is 1.86 bits per heavy atom. The Morgan fingerprint density at radius 3 is 2.64 bits per heavy atom. The van der Waals surface area contributed by atoms with Crippen molar-refractivity contribution < 1.29 is 28.6 Å². The van der Waals surface area contributed by atoms with Gasteiger partial charge in [0.2, 0.25) is 0 Å². The predicted octanol–water partition coefficient (Wildman–Crippen LogP) is 6.22. The number of hydrogen-bond donors (Lipinski definition) is 2. The molecule has 2 N–H and O–H groups in total. The van der Waals surface area contributed by atoms with E-state index in [1.54, 1.807) is 48.5 Å². The van der Waals surface area contributed by atoms with E-state index in [0.717, 1.165) is 17.3 Å². The summed E-state index contributed by atoms with van der Waals surface area (Å²) < 4.78 is 16.8. The number of anilines is 1. The van der Waals surface area contributed by atoms with Crippen molar-refractivity contribution in [3.63, 3.8) is 0 Å². The molecule has 0 unspecified atom stereocenters. The second kappa shape index (κ2) is 14.3. The number of phenolic OH excluding ortho intramolecular Hbond substituents is 1. The molecule has 44 heavy (non-hydrogen) atoms. The fraction of sp³-hybridized carbons (Fsp3) is 0.152. The van der Waals surface area contributed by atoms with Gasteiger partial charge in [0, 0.05) is 11.3 Å². The van der Waals surface area contributed by atoms with E-state index in [1.807, 2.05) is 44.2 Å². The molecule has 0 saturated carbocycles. The molecule has 0 bridgehead atoms. The van der Waals surface area contributed by atoms with Crippen LogP contribution in [-0.4, -0.2) is 46.4 Å². The molecule has 0 atom stereocenters. The largest absolute Gasteiger partial charge is 0.504 e. The van der Waals surface area contributed by atoms with E-state index in [1.165, 1.54) is 23.4 Å². The van der Waals surface area contributed by atoms with Crippen molar-refractivity contribution in [2.75, 3.05) is 18.5 Å². The number of phenols is 1. The summed E-state index contributed by atoms with van der Waals surface area (Å²) in [5.74, 6) is 0.818. The number of furan rings is 1. The van der Waals surface area contributed by atoms with Crippen molar-refractivity contribution in [3.8, 4) is 17.2 Å². The van der Waals surface area contributed by atoms with Gasteiger partial charge < -0.3 is 24.3 Å². The topological polar surface area (TPSA) is 126 Å². The van der Waals surface area contributed by atoms with Crippen LogP contribution in [0.25, 0.3) is 6.08 Å². The first-order valence-electron chi connectivity index (χ1n) is 13.8. The minimum Gasteiger partial charge on any atom is -0.504 e. The van der Waals surface area contributed by atoms with E-state index in [-0.39, 0.29) is 30.7 Å². The Hall–Kier alpha value is -5.29. The third-order valence-electron chi connectivity index (χ3n) is 6.32. The summed E-state index contributed by atoms with van der Waals surface area (Å²) in [6, 6.07) is 23.0. The highest BCUT2D eigenvalue weighted by Crippen LogP contribution is 2.35. The van der Waals surface area contributed by atoms with Gasteiger partial charge in [-0.2, -0.15) is 5.10 Å². The van der Waals surface area contributed by atoms with E-state index in [4.69, 9.17) is 13.9 Å². The maximum Gasteiger partial charge on any atom is 0.267 e. The quantitative estimate of drug-likeness (QED) is 0.117. The number of aromatic hydroxyl groups is 1. The summed E-state index contributed by atoms with van der Waals surface area (Å²) in [5, 5.41) is 21.7. The minimum atomic E-state index is -0.304. The predicted molar refractivity (Wildman–Crippen MR) is 171 cm³/mol. The zero-order valence-corrected chi connectivity index (χ0v) is 24.9.